The second kappa shape index (κ2) is 11.1. The minimum atomic E-state index is -4.57. The number of nitrogens with zero attached hydrogens (tertiary/aromatic N) is 5. The van der Waals surface area contributed by atoms with Crippen molar-refractivity contribution in [3.05, 3.63) is 69.8 Å². The standard InChI is InChI=1S/C29H33F3N6O/c1-18(2)21-6-7-26(39-5)25(13-21)24-8-9-28(3,4)14-22(24)17-38(27-34-36-37-35-27)16-20-10-19(15-33)11-23(12-20)29(30,31)32/h6-7,10-13,18H,8-9,14,16-17H2,1-5H3,(H,34,35,36,37). The van der Waals surface area contributed by atoms with Crippen molar-refractivity contribution in [3.8, 4) is 11.8 Å². The van der Waals surface area contributed by atoms with Crippen molar-refractivity contribution >= 4 is 11.5 Å². The SMILES string of the molecule is COc1ccc(C(C)C)cc1C1=C(CN(Cc2cc(C#N)cc(C(F)(F)F)c2)c2nn[nH]n2)CC(C)(C)CC1. The van der Waals surface area contributed by atoms with Crippen LogP contribution in [-0.2, 0) is 12.7 Å². The molecule has 7 nitrogen and oxygen atoms in total. The summed E-state index contributed by atoms with van der Waals surface area (Å²) in [5, 5.41) is 23.8. The summed E-state index contributed by atoms with van der Waals surface area (Å²) in [6.45, 7) is 9.18. The molecule has 1 aromatic heterocycles. The van der Waals surface area contributed by atoms with Crippen molar-refractivity contribution in [2.45, 2.75) is 65.6 Å². The first-order valence-corrected chi connectivity index (χ1v) is 12.9. The Morgan fingerprint density at radius 1 is 1.15 bits per heavy atom. The average Bonchev–Trinajstić information content (AvgIpc) is 3.42. The zero-order valence-electron chi connectivity index (χ0n) is 22.9. The van der Waals surface area contributed by atoms with Crippen LogP contribution in [0.4, 0.5) is 19.1 Å². The summed E-state index contributed by atoms with van der Waals surface area (Å²) in [6.07, 6.45) is -1.96. The van der Waals surface area contributed by atoms with Gasteiger partial charge in [-0.3, -0.25) is 0 Å². The molecule has 0 aliphatic heterocycles. The highest BCUT2D eigenvalue weighted by molar-refractivity contribution is 5.75. The van der Waals surface area contributed by atoms with Crippen LogP contribution in [0.1, 0.15) is 80.7 Å². The Balaban J connectivity index is 1.80. The minimum Gasteiger partial charge on any atom is -0.496 e. The highest BCUT2D eigenvalue weighted by Gasteiger charge is 2.33. The smallest absolute Gasteiger partial charge is 0.416 e. The third kappa shape index (κ3) is 6.59. The Kier molecular flexibility index (Phi) is 8.00. The van der Waals surface area contributed by atoms with E-state index in [4.69, 9.17) is 4.74 Å². The summed E-state index contributed by atoms with van der Waals surface area (Å²) < 4.78 is 46.5. The zero-order valence-corrected chi connectivity index (χ0v) is 22.9. The molecule has 4 rings (SSSR count). The Labute approximate surface area is 226 Å². The van der Waals surface area contributed by atoms with E-state index in [2.05, 4.69) is 60.5 Å². The van der Waals surface area contributed by atoms with Crippen LogP contribution in [-0.4, -0.2) is 34.3 Å². The molecule has 1 N–H and O–H groups in total. The van der Waals surface area contributed by atoms with Crippen LogP contribution in [0, 0.1) is 16.7 Å². The molecule has 0 bridgehead atoms. The van der Waals surface area contributed by atoms with E-state index >= 15 is 0 Å². The largest absolute Gasteiger partial charge is 0.496 e. The lowest BCUT2D eigenvalue weighted by Crippen LogP contribution is -2.30. The van der Waals surface area contributed by atoms with Crippen LogP contribution in [0.5, 0.6) is 5.75 Å². The number of alkyl halides is 3. The fraction of sp³-hybridized carbons (Fsp3) is 0.448. The van der Waals surface area contributed by atoms with Gasteiger partial charge in [0.2, 0.25) is 0 Å². The van der Waals surface area contributed by atoms with E-state index in [1.165, 1.54) is 17.2 Å². The molecule has 1 aliphatic carbocycles. The molecule has 3 aromatic rings. The Bertz CT molecular complexity index is 1390. The molecule has 2 aromatic carbocycles. The third-order valence-corrected chi connectivity index (χ3v) is 7.21. The van der Waals surface area contributed by atoms with E-state index in [-0.39, 0.29) is 23.5 Å². The van der Waals surface area contributed by atoms with Crippen molar-refractivity contribution in [1.29, 1.82) is 5.26 Å². The molecule has 0 saturated heterocycles. The molecular weight excluding hydrogens is 505 g/mol. The van der Waals surface area contributed by atoms with Gasteiger partial charge in [0.15, 0.2) is 0 Å². The Morgan fingerprint density at radius 3 is 2.54 bits per heavy atom. The van der Waals surface area contributed by atoms with Gasteiger partial charge in [0.05, 0.1) is 24.3 Å². The molecule has 0 fully saturated rings. The molecule has 0 saturated carbocycles. The summed E-state index contributed by atoms with van der Waals surface area (Å²) in [7, 11) is 1.66. The Hall–Kier alpha value is -3.87. The van der Waals surface area contributed by atoms with Crippen LogP contribution in [0.2, 0.25) is 0 Å². The summed E-state index contributed by atoms with van der Waals surface area (Å²) in [5.41, 5.74) is 4.00. The Morgan fingerprint density at radius 2 is 1.92 bits per heavy atom. The van der Waals surface area contributed by atoms with Gasteiger partial charge in [-0.1, -0.05) is 38.9 Å². The van der Waals surface area contributed by atoms with Crippen molar-refractivity contribution in [2.75, 3.05) is 18.6 Å². The number of hydrogen-bond acceptors (Lipinski definition) is 6. The highest BCUT2D eigenvalue weighted by Crippen LogP contribution is 2.45. The summed E-state index contributed by atoms with van der Waals surface area (Å²) >= 11 is 0. The van der Waals surface area contributed by atoms with Crippen molar-refractivity contribution in [3.63, 3.8) is 0 Å². The molecule has 1 aliphatic rings. The van der Waals surface area contributed by atoms with E-state index in [0.29, 0.717) is 18.0 Å². The molecule has 0 atom stereocenters. The topological polar surface area (TPSA) is 90.7 Å². The summed E-state index contributed by atoms with van der Waals surface area (Å²) in [5.74, 6) is 1.39. The number of benzene rings is 2. The predicted octanol–water partition coefficient (Wildman–Crippen LogP) is 6.89. The van der Waals surface area contributed by atoms with E-state index in [0.717, 1.165) is 48.3 Å². The number of H-pyrrole nitrogens is 1. The number of tetrazole rings is 1. The van der Waals surface area contributed by atoms with Gasteiger partial charge in [-0.2, -0.15) is 23.6 Å². The summed E-state index contributed by atoms with van der Waals surface area (Å²) in [4.78, 5) is 1.80. The molecule has 0 amide bonds. The number of aromatic nitrogens is 4. The van der Waals surface area contributed by atoms with Crippen LogP contribution >= 0.6 is 0 Å². The number of nitrogens with one attached hydrogen (secondary N) is 1. The lowest BCUT2D eigenvalue weighted by molar-refractivity contribution is -0.137. The van der Waals surface area contributed by atoms with Gasteiger partial charge in [-0.05, 0) is 88.4 Å². The maximum absolute atomic E-state index is 13.6. The number of aromatic amines is 1. The number of methoxy groups -OCH3 is 1. The van der Waals surface area contributed by atoms with E-state index in [9.17, 15) is 18.4 Å². The predicted molar refractivity (Wildman–Crippen MR) is 143 cm³/mol. The molecule has 39 heavy (non-hydrogen) atoms. The van der Waals surface area contributed by atoms with Gasteiger partial charge in [-0.15, -0.1) is 5.10 Å². The number of rotatable bonds is 8. The number of nitriles is 1. The fourth-order valence-corrected chi connectivity index (χ4v) is 5.16. The number of ether oxygens (including phenoxy) is 1. The minimum absolute atomic E-state index is 0.0365. The molecule has 10 heteroatoms. The molecule has 0 radical (unpaired) electrons. The van der Waals surface area contributed by atoms with E-state index in [1.807, 2.05) is 12.1 Å². The molecular formula is C29H33F3N6O. The molecule has 0 spiro atoms. The second-order valence-electron chi connectivity index (χ2n) is 11.1. The van der Waals surface area contributed by atoms with Crippen molar-refractivity contribution < 1.29 is 17.9 Å². The second-order valence-corrected chi connectivity index (χ2v) is 11.1. The van der Waals surface area contributed by atoms with Crippen molar-refractivity contribution in [2.24, 2.45) is 5.41 Å². The van der Waals surface area contributed by atoms with Gasteiger partial charge in [0.1, 0.15) is 5.75 Å². The van der Waals surface area contributed by atoms with Crippen molar-refractivity contribution in [1.82, 2.24) is 20.6 Å². The number of anilines is 1. The summed E-state index contributed by atoms with van der Waals surface area (Å²) in [6, 6.07) is 11.5. The average molecular weight is 539 g/mol. The van der Waals surface area contributed by atoms with E-state index in [1.54, 1.807) is 12.0 Å². The van der Waals surface area contributed by atoms with Gasteiger partial charge in [0.25, 0.3) is 5.95 Å². The number of allylic oxidation sites excluding steroid dienone is 1. The first-order valence-electron chi connectivity index (χ1n) is 12.9. The third-order valence-electron chi connectivity index (χ3n) is 7.21. The first kappa shape index (κ1) is 28.1. The van der Waals surface area contributed by atoms with Crippen LogP contribution < -0.4 is 9.64 Å². The highest BCUT2D eigenvalue weighted by atomic mass is 19.4. The normalized spacial score (nSPS) is 15.4. The van der Waals surface area contributed by atoms with E-state index < -0.39 is 11.7 Å². The lowest BCUT2D eigenvalue weighted by atomic mass is 9.72. The van der Waals surface area contributed by atoms with Gasteiger partial charge < -0.3 is 9.64 Å². The van der Waals surface area contributed by atoms with Crippen LogP contribution in [0.3, 0.4) is 0 Å². The maximum atomic E-state index is 13.6. The van der Waals surface area contributed by atoms with Crippen LogP contribution in [0.25, 0.3) is 5.57 Å². The molecule has 206 valence electrons. The fourth-order valence-electron chi connectivity index (χ4n) is 5.16. The number of hydrogen-bond donors (Lipinski definition) is 1. The van der Waals surface area contributed by atoms with Crippen LogP contribution in [0.15, 0.2) is 42.0 Å². The number of halogens is 3. The molecule has 1 heterocycles. The van der Waals surface area contributed by atoms with Gasteiger partial charge in [-0.25, -0.2) is 0 Å². The monoisotopic (exact) mass is 538 g/mol. The maximum Gasteiger partial charge on any atom is 0.416 e. The quantitative estimate of drug-likeness (QED) is 0.336. The van der Waals surface area contributed by atoms with Gasteiger partial charge in [0, 0.05) is 18.7 Å². The first-order chi connectivity index (χ1) is 18.4. The molecule has 0 unspecified atom stereocenters. The van der Waals surface area contributed by atoms with Gasteiger partial charge >= 0.3 is 6.18 Å². The zero-order chi connectivity index (χ0) is 28.4. The lowest BCUT2D eigenvalue weighted by Gasteiger charge is -2.36.